The summed E-state index contributed by atoms with van der Waals surface area (Å²) < 4.78 is 5.91. The molecule has 0 aromatic heterocycles. The molecule has 0 unspecified atom stereocenters. The Bertz CT molecular complexity index is 159. The van der Waals surface area contributed by atoms with Gasteiger partial charge in [-0.3, -0.25) is 0 Å². The standard InChI is InChI=1S/C6H10IN/c1-8-6-7-4-2-3-5-7/h2-5,8H,6H2,1H3. The fourth-order valence-electron chi connectivity index (χ4n) is 0.556. The number of halogens is 1. The van der Waals surface area contributed by atoms with Gasteiger partial charge < -0.3 is 5.32 Å². The maximum Gasteiger partial charge on any atom is 0.0386 e. The Morgan fingerprint density at radius 3 is 2.50 bits per heavy atom. The third-order valence-electron chi connectivity index (χ3n) is 0.868. The first kappa shape index (κ1) is 6.29. The molecule has 1 nitrogen and oxygen atoms in total. The molecule has 0 atom stereocenters. The van der Waals surface area contributed by atoms with Crippen molar-refractivity contribution in [1.82, 2.24) is 5.32 Å². The van der Waals surface area contributed by atoms with E-state index in [2.05, 4.69) is 25.5 Å². The lowest BCUT2D eigenvalue weighted by molar-refractivity contribution is 1.00. The van der Waals surface area contributed by atoms with Crippen molar-refractivity contribution >= 4 is 26.9 Å². The van der Waals surface area contributed by atoms with Crippen molar-refractivity contribution in [2.75, 3.05) is 11.6 Å². The summed E-state index contributed by atoms with van der Waals surface area (Å²) in [5.74, 6) is 0. The van der Waals surface area contributed by atoms with E-state index in [1.807, 2.05) is 7.05 Å². The highest BCUT2D eigenvalue weighted by molar-refractivity contribution is 14.2. The molecule has 0 fully saturated rings. The largest absolute Gasteiger partial charge is 0.312 e. The quantitative estimate of drug-likeness (QED) is 0.415. The normalized spacial score (nSPS) is 18.1. The minimum absolute atomic E-state index is 0.706. The second kappa shape index (κ2) is 3.25. The molecule has 0 aromatic rings. The highest BCUT2D eigenvalue weighted by Gasteiger charge is 1.80. The minimum Gasteiger partial charge on any atom is -0.312 e. The lowest BCUT2D eigenvalue weighted by Crippen LogP contribution is -2.01. The van der Waals surface area contributed by atoms with Crippen LogP contribution < -0.4 is 5.32 Å². The monoisotopic (exact) mass is 223 g/mol. The Labute approximate surface area is 56.1 Å². The fourth-order valence-corrected chi connectivity index (χ4v) is 3.73. The zero-order chi connectivity index (χ0) is 5.82. The van der Waals surface area contributed by atoms with E-state index in [1.54, 1.807) is 0 Å². The van der Waals surface area contributed by atoms with Gasteiger partial charge in [-0.15, -0.1) is 18.9 Å². The third kappa shape index (κ3) is 1.59. The topological polar surface area (TPSA) is 12.0 Å². The van der Waals surface area contributed by atoms with Gasteiger partial charge in [0.15, 0.2) is 0 Å². The van der Waals surface area contributed by atoms with Crippen molar-refractivity contribution in [2.24, 2.45) is 0 Å². The molecule has 1 rings (SSSR count). The van der Waals surface area contributed by atoms with Crippen LogP contribution >= 0.6 is 18.9 Å². The molecule has 0 saturated carbocycles. The van der Waals surface area contributed by atoms with Crippen LogP contribution in [0.15, 0.2) is 12.2 Å². The molecule has 8 heavy (non-hydrogen) atoms. The molecule has 1 aliphatic heterocycles. The van der Waals surface area contributed by atoms with Crippen molar-refractivity contribution in [3.8, 4) is 0 Å². The van der Waals surface area contributed by atoms with Gasteiger partial charge in [-0.1, -0.05) is 12.2 Å². The Hall–Kier alpha value is 0.170. The molecule has 1 heterocycles. The summed E-state index contributed by atoms with van der Waals surface area (Å²) in [5, 5.41) is 3.18. The summed E-state index contributed by atoms with van der Waals surface area (Å²) in [5.41, 5.74) is 0. The molecular formula is C6H10IN. The molecule has 46 valence electrons. The van der Waals surface area contributed by atoms with E-state index >= 15 is 0 Å². The minimum atomic E-state index is -0.706. The zero-order valence-corrected chi connectivity index (χ0v) is 7.05. The highest BCUT2D eigenvalue weighted by Crippen LogP contribution is 2.08. The number of hydrogen-bond donors (Lipinski definition) is 1. The first-order valence-corrected chi connectivity index (χ1v) is 6.57. The molecule has 0 amide bonds. The Balaban J connectivity index is 2.49. The molecule has 2 heteroatoms. The Morgan fingerprint density at radius 2 is 2.00 bits per heavy atom. The molecule has 0 spiro atoms. The summed E-state index contributed by atoms with van der Waals surface area (Å²) in [4.78, 5) is 0. The van der Waals surface area contributed by atoms with Crippen molar-refractivity contribution in [2.45, 2.75) is 0 Å². The first-order valence-electron chi connectivity index (χ1n) is 2.56. The number of nitrogens with one attached hydrogen (secondary N) is 1. The van der Waals surface area contributed by atoms with Crippen LogP contribution in [-0.4, -0.2) is 19.6 Å². The van der Waals surface area contributed by atoms with Crippen LogP contribution in [0.5, 0.6) is 0 Å². The molecule has 1 aliphatic rings. The van der Waals surface area contributed by atoms with Crippen molar-refractivity contribution in [3.05, 3.63) is 12.2 Å². The van der Waals surface area contributed by atoms with Crippen LogP contribution in [-0.2, 0) is 0 Å². The summed E-state index contributed by atoms with van der Waals surface area (Å²) >= 11 is -0.706. The van der Waals surface area contributed by atoms with Gasteiger partial charge in [-0.2, -0.15) is 0 Å². The van der Waals surface area contributed by atoms with Gasteiger partial charge in [0, 0.05) is 4.55 Å². The van der Waals surface area contributed by atoms with E-state index in [0.717, 1.165) is 0 Å². The summed E-state index contributed by atoms with van der Waals surface area (Å²) in [6, 6.07) is 0. The predicted octanol–water partition coefficient (Wildman–Crippen LogP) is 0.844. The lowest BCUT2D eigenvalue weighted by atomic mass is 10.6. The Kier molecular flexibility index (Phi) is 2.55. The second-order valence-electron chi connectivity index (χ2n) is 1.56. The van der Waals surface area contributed by atoms with E-state index in [-0.39, 0.29) is 0 Å². The number of rotatable bonds is 2. The summed E-state index contributed by atoms with van der Waals surface area (Å²) in [6.45, 7) is 0. The van der Waals surface area contributed by atoms with E-state index < -0.39 is 18.9 Å². The molecule has 0 radical (unpaired) electrons. The van der Waals surface area contributed by atoms with Crippen LogP contribution in [0.3, 0.4) is 0 Å². The predicted molar refractivity (Wildman–Crippen MR) is 49.2 cm³/mol. The van der Waals surface area contributed by atoms with E-state index in [9.17, 15) is 0 Å². The van der Waals surface area contributed by atoms with Gasteiger partial charge in [0.1, 0.15) is 0 Å². The average Bonchev–Trinajstić information content (AvgIpc) is 2.19. The maximum atomic E-state index is 3.18. The third-order valence-corrected chi connectivity index (χ3v) is 5.19. The van der Waals surface area contributed by atoms with Gasteiger partial charge in [-0.05, 0) is 15.1 Å². The Morgan fingerprint density at radius 1 is 1.38 bits per heavy atom. The number of allylic oxidation sites excluding steroid dienone is 2. The van der Waals surface area contributed by atoms with E-state index in [4.69, 9.17) is 0 Å². The maximum absolute atomic E-state index is 3.18. The number of hydrogen-bond acceptors (Lipinski definition) is 1. The van der Waals surface area contributed by atoms with Crippen LogP contribution in [0, 0.1) is 0 Å². The van der Waals surface area contributed by atoms with Gasteiger partial charge >= 0.3 is 0 Å². The van der Waals surface area contributed by atoms with E-state index in [0.29, 0.717) is 0 Å². The van der Waals surface area contributed by atoms with Crippen LogP contribution in [0.25, 0.3) is 0 Å². The van der Waals surface area contributed by atoms with Crippen molar-refractivity contribution in [3.63, 3.8) is 0 Å². The smallest absolute Gasteiger partial charge is 0.0386 e. The fraction of sp³-hybridized carbons (Fsp3) is 0.333. The lowest BCUT2D eigenvalue weighted by Gasteiger charge is -1.88. The molecule has 1 N–H and O–H groups in total. The summed E-state index contributed by atoms with van der Waals surface area (Å²) in [7, 11) is 2.01. The van der Waals surface area contributed by atoms with Gasteiger partial charge in [0.25, 0.3) is 0 Å². The zero-order valence-electron chi connectivity index (χ0n) is 4.89. The second-order valence-corrected chi connectivity index (χ2v) is 6.24. The molecule has 0 saturated heterocycles. The van der Waals surface area contributed by atoms with Crippen LogP contribution in [0.2, 0.25) is 0 Å². The average molecular weight is 223 g/mol. The number of alkyl halides is 1. The summed E-state index contributed by atoms with van der Waals surface area (Å²) in [6.07, 6.45) is 4.31. The van der Waals surface area contributed by atoms with Gasteiger partial charge in [0.05, 0.1) is 0 Å². The molecule has 0 aromatic carbocycles. The molecule has 0 bridgehead atoms. The molecule has 0 aliphatic carbocycles. The SMILES string of the molecule is CNCI1=CC=CC=1. The molecular weight excluding hydrogens is 213 g/mol. The van der Waals surface area contributed by atoms with Gasteiger partial charge in [-0.25, -0.2) is 0 Å². The van der Waals surface area contributed by atoms with Crippen molar-refractivity contribution in [1.29, 1.82) is 0 Å². The van der Waals surface area contributed by atoms with Crippen LogP contribution in [0.1, 0.15) is 0 Å². The first-order chi connectivity index (χ1) is 3.93. The van der Waals surface area contributed by atoms with Crippen molar-refractivity contribution < 1.29 is 0 Å². The van der Waals surface area contributed by atoms with Crippen LogP contribution in [0.4, 0.5) is 0 Å². The van der Waals surface area contributed by atoms with E-state index in [1.165, 1.54) is 4.55 Å². The van der Waals surface area contributed by atoms with Gasteiger partial charge in [0.2, 0.25) is 0 Å². The highest BCUT2D eigenvalue weighted by atomic mass is 127.